The molecule has 0 amide bonds. The predicted molar refractivity (Wildman–Crippen MR) is 153 cm³/mol. The maximum absolute atomic E-state index is 14.6. The van der Waals surface area contributed by atoms with Gasteiger partial charge in [0.15, 0.2) is 14.7 Å². The third kappa shape index (κ3) is 5.48. The van der Waals surface area contributed by atoms with E-state index in [0.29, 0.717) is 16.7 Å². The second-order valence-corrected chi connectivity index (χ2v) is 17.8. The smallest absolute Gasteiger partial charge is 0.273 e. The molecule has 2 unspecified atom stereocenters. The van der Waals surface area contributed by atoms with Crippen LogP contribution in [0.1, 0.15) is 42.4 Å². The Balaban J connectivity index is 2.15. The van der Waals surface area contributed by atoms with Crippen LogP contribution in [0.25, 0.3) is 0 Å². The molecule has 14 heteroatoms. The number of rotatable bonds is 8. The molecule has 0 heterocycles. The zero-order valence-electron chi connectivity index (χ0n) is 22.6. The van der Waals surface area contributed by atoms with Gasteiger partial charge in [0.05, 0.1) is 14.7 Å². The molecule has 0 radical (unpaired) electrons. The van der Waals surface area contributed by atoms with Crippen molar-refractivity contribution in [3.8, 4) is 0 Å². The van der Waals surface area contributed by atoms with Crippen molar-refractivity contribution in [2.45, 2.75) is 71.3 Å². The molecule has 1 aliphatic carbocycles. The van der Waals surface area contributed by atoms with Crippen LogP contribution in [0.15, 0.2) is 87.5 Å². The molecule has 0 aliphatic heterocycles. The molecular weight excluding hydrogens is 611 g/mol. The Morgan fingerprint density at radius 2 is 1.05 bits per heavy atom. The molecule has 1 aliphatic rings. The average molecular weight is 642 g/mol. The summed E-state index contributed by atoms with van der Waals surface area (Å²) < 4.78 is 122. The van der Waals surface area contributed by atoms with E-state index in [1.165, 1.54) is 48.5 Å². The summed E-state index contributed by atoms with van der Waals surface area (Å²) in [6, 6.07) is 15.6. The van der Waals surface area contributed by atoms with Crippen molar-refractivity contribution in [3.05, 3.63) is 89.5 Å². The predicted octanol–water partition coefficient (Wildman–Crippen LogP) is 3.99. The van der Waals surface area contributed by atoms with Gasteiger partial charge >= 0.3 is 10.3 Å². The molecule has 1 N–H and O–H groups in total. The van der Waals surface area contributed by atoms with Crippen LogP contribution in [0.4, 0.5) is 0 Å². The number of hydrogen-bond acceptors (Lipinski definition) is 8. The summed E-state index contributed by atoms with van der Waals surface area (Å²) in [5.74, 6) is 0. The lowest BCUT2D eigenvalue weighted by molar-refractivity contribution is 0.261. The van der Waals surface area contributed by atoms with Crippen LogP contribution in [0.3, 0.4) is 0 Å². The van der Waals surface area contributed by atoms with Gasteiger partial charge in [-0.05, 0) is 73.7 Å². The van der Waals surface area contributed by atoms with Crippen LogP contribution in [-0.4, -0.2) is 52.1 Å². The number of benzene rings is 3. The summed E-state index contributed by atoms with van der Waals surface area (Å²) >= 11 is 0. The van der Waals surface area contributed by atoms with Crippen molar-refractivity contribution in [2.24, 2.45) is 0 Å². The van der Waals surface area contributed by atoms with Crippen molar-refractivity contribution in [3.63, 3.8) is 0 Å². The van der Waals surface area contributed by atoms with E-state index in [-0.39, 0.29) is 24.2 Å². The van der Waals surface area contributed by atoms with Gasteiger partial charge in [-0.1, -0.05) is 65.9 Å². The minimum absolute atomic E-state index is 0.0273. The Hall–Kier alpha value is -2.62. The van der Waals surface area contributed by atoms with Crippen LogP contribution in [-0.2, 0) is 40.0 Å². The fourth-order valence-corrected chi connectivity index (χ4v) is 14.5. The van der Waals surface area contributed by atoms with E-state index in [1.54, 1.807) is 20.8 Å². The summed E-state index contributed by atoms with van der Waals surface area (Å²) in [5, 5.41) is -2.08. The number of nitrogens with zero attached hydrogens (tertiary/aromatic N) is 1. The molecule has 0 saturated heterocycles. The van der Waals surface area contributed by atoms with Gasteiger partial charge in [0.2, 0.25) is 9.84 Å². The topological polar surface area (TPSA) is 160 Å². The summed E-state index contributed by atoms with van der Waals surface area (Å²) in [6.45, 7) is 5.06. The van der Waals surface area contributed by atoms with E-state index in [0.717, 1.165) is 24.3 Å². The summed E-state index contributed by atoms with van der Waals surface area (Å²) in [7, 11) is -21.1. The molecule has 222 valence electrons. The van der Waals surface area contributed by atoms with Crippen molar-refractivity contribution in [2.75, 3.05) is 0 Å². The molecule has 4 rings (SSSR count). The van der Waals surface area contributed by atoms with Crippen LogP contribution < -0.4 is 0 Å². The van der Waals surface area contributed by atoms with Gasteiger partial charge in [0.1, 0.15) is 5.25 Å². The molecule has 0 bridgehead atoms. The first-order valence-corrected chi connectivity index (χ1v) is 18.5. The second-order valence-electron chi connectivity index (χ2n) is 10.2. The highest BCUT2D eigenvalue weighted by molar-refractivity contribution is 8.04. The van der Waals surface area contributed by atoms with E-state index < -0.39 is 70.0 Å². The summed E-state index contributed by atoms with van der Waals surface area (Å²) in [5.41, 5.74) is 2.00. The Morgan fingerprint density at radius 3 is 1.49 bits per heavy atom. The highest BCUT2D eigenvalue weighted by Crippen LogP contribution is 2.49. The van der Waals surface area contributed by atoms with Crippen molar-refractivity contribution in [1.82, 2.24) is 3.71 Å². The molecule has 10 nitrogen and oxygen atoms in total. The molecule has 41 heavy (non-hydrogen) atoms. The van der Waals surface area contributed by atoms with E-state index in [9.17, 15) is 38.2 Å². The molecule has 2 atom stereocenters. The molecule has 1 saturated carbocycles. The van der Waals surface area contributed by atoms with E-state index in [4.69, 9.17) is 0 Å². The van der Waals surface area contributed by atoms with Crippen LogP contribution >= 0.6 is 0 Å². The maximum Gasteiger partial charge on any atom is 0.351 e. The normalized spacial score (nSPS) is 20.7. The summed E-state index contributed by atoms with van der Waals surface area (Å²) in [6.07, 6.45) is -0.939. The van der Waals surface area contributed by atoms with Gasteiger partial charge in [-0.25, -0.2) is 25.3 Å². The van der Waals surface area contributed by atoms with Crippen molar-refractivity contribution in [1.29, 1.82) is 0 Å². The van der Waals surface area contributed by atoms with Crippen molar-refractivity contribution >= 4 is 40.0 Å². The average Bonchev–Trinajstić information content (AvgIpc) is 2.88. The highest BCUT2D eigenvalue weighted by atomic mass is 32.3. The minimum atomic E-state index is -5.92. The standard InChI is InChI=1S/C27H31NO9S4/c1-20-7-13-23(14-8-20)38(29,30)26-6-4-5-19-27(26,39(31,32)24-15-9-21(2)10-16-24)28(41(35,36)37)40(33,34)25-17-11-22(3)12-18-25/h7-18,26H,4-6,19H2,1-3H3,(H,35,36,37). The zero-order chi connectivity index (χ0) is 30.4. The minimum Gasteiger partial charge on any atom is -0.273 e. The third-order valence-electron chi connectivity index (χ3n) is 7.33. The van der Waals surface area contributed by atoms with Gasteiger partial charge in [0, 0.05) is 0 Å². The van der Waals surface area contributed by atoms with E-state index >= 15 is 0 Å². The van der Waals surface area contributed by atoms with Crippen molar-refractivity contribution < 1.29 is 38.2 Å². The van der Waals surface area contributed by atoms with E-state index in [2.05, 4.69) is 0 Å². The number of aryl methyl sites for hydroxylation is 3. The van der Waals surface area contributed by atoms with Gasteiger partial charge < -0.3 is 0 Å². The summed E-state index contributed by atoms with van der Waals surface area (Å²) in [4.78, 5) is -4.57. The Bertz CT molecular complexity index is 1870. The lowest BCUT2D eigenvalue weighted by Gasteiger charge is -2.46. The fraction of sp³-hybridized carbons (Fsp3) is 0.333. The fourth-order valence-electron chi connectivity index (χ4n) is 5.25. The van der Waals surface area contributed by atoms with Crippen LogP contribution in [0.2, 0.25) is 0 Å². The lowest BCUT2D eigenvalue weighted by Crippen LogP contribution is -2.67. The lowest BCUT2D eigenvalue weighted by atomic mass is 9.95. The monoisotopic (exact) mass is 641 g/mol. The SMILES string of the molecule is Cc1ccc(S(=O)(=O)C2CCCCC2(N(S(=O)(=O)O)S(=O)(=O)c2ccc(C)cc2)S(=O)(=O)c2ccc(C)cc2)cc1. The highest BCUT2D eigenvalue weighted by Gasteiger charge is 2.67. The zero-order valence-corrected chi connectivity index (χ0v) is 25.9. The second kappa shape index (κ2) is 10.9. The Kier molecular flexibility index (Phi) is 8.32. The quantitative estimate of drug-likeness (QED) is 0.359. The molecule has 3 aromatic rings. The number of hydrogen-bond donors (Lipinski definition) is 1. The third-order valence-corrected chi connectivity index (χ3v) is 16.0. The number of sulfonamides is 1. The largest absolute Gasteiger partial charge is 0.351 e. The maximum atomic E-state index is 14.6. The molecule has 0 aromatic heterocycles. The first-order valence-electron chi connectivity index (χ1n) is 12.7. The molecular formula is C27H31NO9S4. The van der Waals surface area contributed by atoms with Gasteiger partial charge in [-0.3, -0.25) is 4.55 Å². The molecule has 1 fully saturated rings. The van der Waals surface area contributed by atoms with Gasteiger partial charge in [0.25, 0.3) is 10.0 Å². The van der Waals surface area contributed by atoms with Gasteiger partial charge in [-0.15, -0.1) is 0 Å². The first-order chi connectivity index (χ1) is 19.0. The molecule has 3 aromatic carbocycles. The Labute approximate surface area is 241 Å². The number of sulfone groups is 2. The molecule has 0 spiro atoms. The van der Waals surface area contributed by atoms with Crippen LogP contribution in [0.5, 0.6) is 0 Å². The Morgan fingerprint density at radius 1 is 0.634 bits per heavy atom. The van der Waals surface area contributed by atoms with Gasteiger partial charge in [-0.2, -0.15) is 8.42 Å². The van der Waals surface area contributed by atoms with E-state index in [1.807, 2.05) is 0 Å². The van der Waals surface area contributed by atoms with Crippen LogP contribution in [0, 0.1) is 20.8 Å². The first kappa shape index (κ1) is 31.3.